The van der Waals surface area contributed by atoms with Crippen molar-refractivity contribution in [3.05, 3.63) is 25.5 Å². The van der Waals surface area contributed by atoms with Crippen molar-refractivity contribution >= 4 is 17.9 Å². The summed E-state index contributed by atoms with van der Waals surface area (Å²) < 4.78 is 4.17. The number of esters is 1. The molecular formula is C16H28O6. The summed E-state index contributed by atoms with van der Waals surface area (Å²) in [5, 5.41) is 16.5. The molecule has 0 fully saturated rings. The molecule has 1 atom stereocenters. The SMILES string of the molecule is C=CC(CCC)C(=O)O.C=COC(C)=O.CCCCC(=O)O. The molecule has 1 unspecified atom stereocenters. The number of carbonyl (C=O) groups is 3. The van der Waals surface area contributed by atoms with Gasteiger partial charge >= 0.3 is 17.9 Å². The highest BCUT2D eigenvalue weighted by Gasteiger charge is 2.09. The van der Waals surface area contributed by atoms with Crippen molar-refractivity contribution in [3.8, 4) is 0 Å². The number of carboxylic acid groups (broad SMARTS) is 2. The Bertz CT molecular complexity index is 336. The number of hydrogen-bond donors (Lipinski definition) is 2. The zero-order valence-corrected chi connectivity index (χ0v) is 13.7. The minimum atomic E-state index is -0.771. The van der Waals surface area contributed by atoms with Gasteiger partial charge in [0, 0.05) is 13.3 Å². The summed E-state index contributed by atoms with van der Waals surface area (Å²) in [4.78, 5) is 29.8. The average Bonchev–Trinajstić information content (AvgIpc) is 2.43. The third-order valence-electron chi connectivity index (χ3n) is 2.19. The van der Waals surface area contributed by atoms with E-state index in [9.17, 15) is 14.4 Å². The fourth-order valence-electron chi connectivity index (χ4n) is 1.10. The Morgan fingerprint density at radius 3 is 1.77 bits per heavy atom. The predicted octanol–water partition coefficient (Wildman–Crippen LogP) is 3.63. The second-order valence-electron chi connectivity index (χ2n) is 4.24. The zero-order valence-electron chi connectivity index (χ0n) is 13.7. The zero-order chi connectivity index (χ0) is 18.0. The van der Waals surface area contributed by atoms with E-state index in [4.69, 9.17) is 10.2 Å². The van der Waals surface area contributed by atoms with Gasteiger partial charge in [0.15, 0.2) is 0 Å². The lowest BCUT2D eigenvalue weighted by Gasteiger charge is -2.02. The van der Waals surface area contributed by atoms with E-state index in [1.807, 2.05) is 13.8 Å². The Kier molecular flexibility index (Phi) is 21.4. The van der Waals surface area contributed by atoms with E-state index in [0.29, 0.717) is 12.8 Å². The normalized spacial score (nSPS) is 9.77. The van der Waals surface area contributed by atoms with E-state index in [-0.39, 0.29) is 11.9 Å². The first-order chi connectivity index (χ1) is 10.3. The van der Waals surface area contributed by atoms with Gasteiger partial charge < -0.3 is 14.9 Å². The van der Waals surface area contributed by atoms with Gasteiger partial charge in [-0.1, -0.05) is 39.3 Å². The summed E-state index contributed by atoms with van der Waals surface area (Å²) >= 11 is 0. The highest BCUT2D eigenvalue weighted by Crippen LogP contribution is 2.06. The van der Waals surface area contributed by atoms with Crippen LogP contribution in [0.25, 0.3) is 0 Å². The summed E-state index contributed by atoms with van der Waals surface area (Å²) in [6.07, 6.45) is 6.24. The van der Waals surface area contributed by atoms with Gasteiger partial charge in [0.25, 0.3) is 0 Å². The fourth-order valence-corrected chi connectivity index (χ4v) is 1.10. The van der Waals surface area contributed by atoms with E-state index in [2.05, 4.69) is 17.9 Å². The number of unbranched alkanes of at least 4 members (excludes halogenated alkanes) is 1. The van der Waals surface area contributed by atoms with Crippen molar-refractivity contribution in [2.24, 2.45) is 5.92 Å². The molecule has 0 aliphatic rings. The van der Waals surface area contributed by atoms with E-state index < -0.39 is 11.9 Å². The monoisotopic (exact) mass is 316 g/mol. The highest BCUT2D eigenvalue weighted by atomic mass is 16.5. The molecule has 0 amide bonds. The molecule has 0 bridgehead atoms. The highest BCUT2D eigenvalue weighted by molar-refractivity contribution is 5.71. The van der Waals surface area contributed by atoms with Crippen molar-refractivity contribution in [1.82, 2.24) is 0 Å². The van der Waals surface area contributed by atoms with Crippen LogP contribution in [-0.2, 0) is 19.1 Å². The molecule has 22 heavy (non-hydrogen) atoms. The molecule has 2 N–H and O–H groups in total. The lowest BCUT2D eigenvalue weighted by Crippen LogP contribution is -2.09. The number of ether oxygens (including phenoxy) is 1. The third kappa shape index (κ3) is 26.5. The molecule has 128 valence electrons. The number of carboxylic acids is 2. The van der Waals surface area contributed by atoms with Crippen LogP contribution in [0.4, 0.5) is 0 Å². The first-order valence-corrected chi connectivity index (χ1v) is 7.11. The van der Waals surface area contributed by atoms with Crippen LogP contribution in [0.5, 0.6) is 0 Å². The Balaban J connectivity index is -0.000000252. The van der Waals surface area contributed by atoms with Crippen molar-refractivity contribution < 1.29 is 29.3 Å². The van der Waals surface area contributed by atoms with Gasteiger partial charge in [0.2, 0.25) is 0 Å². The number of rotatable bonds is 8. The second kappa shape index (κ2) is 18.9. The molecule has 0 aromatic heterocycles. The van der Waals surface area contributed by atoms with Crippen LogP contribution in [0.15, 0.2) is 25.5 Å². The molecule has 6 nitrogen and oxygen atoms in total. The number of hydrogen-bond acceptors (Lipinski definition) is 4. The Morgan fingerprint density at radius 2 is 1.68 bits per heavy atom. The Labute approximate surface area is 132 Å². The maximum atomic E-state index is 10.2. The van der Waals surface area contributed by atoms with Gasteiger partial charge in [-0.15, -0.1) is 6.58 Å². The topological polar surface area (TPSA) is 101 Å². The Morgan fingerprint density at radius 1 is 1.14 bits per heavy atom. The summed E-state index contributed by atoms with van der Waals surface area (Å²) in [7, 11) is 0. The Hall–Kier alpha value is -2.11. The number of aliphatic carboxylic acids is 2. The minimum Gasteiger partial charge on any atom is -0.481 e. The smallest absolute Gasteiger partial charge is 0.310 e. The molecule has 6 heteroatoms. The molecule has 0 aromatic rings. The van der Waals surface area contributed by atoms with Gasteiger partial charge in [0.05, 0.1) is 12.2 Å². The molecule has 0 aliphatic heterocycles. The molecular weight excluding hydrogens is 288 g/mol. The quantitative estimate of drug-likeness (QED) is 0.403. The van der Waals surface area contributed by atoms with Crippen molar-refractivity contribution in [2.45, 2.75) is 52.9 Å². The first-order valence-electron chi connectivity index (χ1n) is 7.11. The van der Waals surface area contributed by atoms with Gasteiger partial charge in [0.1, 0.15) is 0 Å². The summed E-state index contributed by atoms with van der Waals surface area (Å²) in [5.74, 6) is -2.14. The first kappa shape index (κ1) is 24.9. The lowest BCUT2D eigenvalue weighted by molar-refractivity contribution is -0.140. The van der Waals surface area contributed by atoms with Crippen LogP contribution >= 0.6 is 0 Å². The fraction of sp³-hybridized carbons (Fsp3) is 0.562. The lowest BCUT2D eigenvalue weighted by atomic mass is 10.1. The van der Waals surface area contributed by atoms with E-state index in [1.165, 1.54) is 13.0 Å². The van der Waals surface area contributed by atoms with Crippen molar-refractivity contribution in [2.75, 3.05) is 0 Å². The molecule has 0 radical (unpaired) electrons. The summed E-state index contributed by atoms with van der Waals surface area (Å²) in [6, 6.07) is 0. The van der Waals surface area contributed by atoms with Gasteiger partial charge in [-0.25, -0.2) is 0 Å². The summed E-state index contributed by atoms with van der Waals surface area (Å²) in [5.41, 5.74) is 0. The third-order valence-corrected chi connectivity index (χ3v) is 2.19. The number of carbonyl (C=O) groups excluding carboxylic acids is 1. The van der Waals surface area contributed by atoms with E-state index in [0.717, 1.165) is 25.5 Å². The maximum absolute atomic E-state index is 10.2. The molecule has 0 rings (SSSR count). The molecule has 0 aliphatic carbocycles. The van der Waals surface area contributed by atoms with Gasteiger partial charge in [-0.2, -0.15) is 0 Å². The maximum Gasteiger partial charge on any atom is 0.310 e. The average molecular weight is 316 g/mol. The van der Waals surface area contributed by atoms with E-state index in [1.54, 1.807) is 0 Å². The molecule has 0 spiro atoms. The second-order valence-corrected chi connectivity index (χ2v) is 4.24. The molecule has 0 aromatic carbocycles. The minimum absolute atomic E-state index is 0.316. The largest absolute Gasteiger partial charge is 0.481 e. The van der Waals surface area contributed by atoms with Crippen LogP contribution in [0.2, 0.25) is 0 Å². The van der Waals surface area contributed by atoms with Gasteiger partial charge in [-0.05, 0) is 12.8 Å². The van der Waals surface area contributed by atoms with Crippen molar-refractivity contribution in [1.29, 1.82) is 0 Å². The van der Waals surface area contributed by atoms with Crippen LogP contribution in [0, 0.1) is 5.92 Å². The standard InChI is InChI=1S/C7H12O2.C5H10O2.C4H6O2/c1-3-5-6(4-2)7(8)9;1-2-3-4-5(6)7;1-3-6-4(2)5/h4,6H,2-3,5H2,1H3,(H,8,9);2-4H2,1H3,(H,6,7);3H,1H2,2H3. The molecule has 0 saturated heterocycles. The van der Waals surface area contributed by atoms with Crippen LogP contribution in [-0.4, -0.2) is 28.1 Å². The van der Waals surface area contributed by atoms with Gasteiger partial charge in [-0.3, -0.25) is 14.4 Å². The van der Waals surface area contributed by atoms with Crippen LogP contribution in [0.1, 0.15) is 52.9 Å². The van der Waals surface area contributed by atoms with Crippen molar-refractivity contribution in [3.63, 3.8) is 0 Å². The molecule has 0 saturated carbocycles. The summed E-state index contributed by atoms with van der Waals surface area (Å²) in [6.45, 7) is 11.8. The van der Waals surface area contributed by atoms with Crippen LogP contribution < -0.4 is 0 Å². The predicted molar refractivity (Wildman–Crippen MR) is 85.4 cm³/mol. The van der Waals surface area contributed by atoms with Crippen LogP contribution in [0.3, 0.4) is 0 Å². The van der Waals surface area contributed by atoms with E-state index >= 15 is 0 Å². The molecule has 0 heterocycles.